The van der Waals surface area contributed by atoms with Crippen molar-refractivity contribution in [3.63, 3.8) is 0 Å². The number of hydrogen-bond donors (Lipinski definition) is 0. The molecule has 3 nitrogen and oxygen atoms in total. The van der Waals surface area contributed by atoms with Crippen molar-refractivity contribution in [2.75, 3.05) is 0 Å². The quantitative estimate of drug-likeness (QED) is 0.159. The van der Waals surface area contributed by atoms with Crippen LogP contribution in [0.15, 0.2) is 24.3 Å². The van der Waals surface area contributed by atoms with Gasteiger partial charge in [0.2, 0.25) is 8.41 Å². The van der Waals surface area contributed by atoms with Gasteiger partial charge < -0.3 is 20.1 Å². The summed E-state index contributed by atoms with van der Waals surface area (Å²) in [5, 5.41) is 14.5. The molecule has 0 radical (unpaired) electrons. The van der Waals surface area contributed by atoms with E-state index in [2.05, 4.69) is 141 Å². The van der Waals surface area contributed by atoms with E-state index in [0.717, 1.165) is 5.19 Å². The molecule has 0 atom stereocenters. The van der Waals surface area contributed by atoms with Crippen molar-refractivity contribution in [2.45, 2.75) is 171 Å². The third-order valence-electron chi connectivity index (χ3n) is 3.36. The maximum atomic E-state index is 13.1. The van der Waals surface area contributed by atoms with Crippen LogP contribution >= 0.6 is 0 Å². The standard InChI is InChI=1S/3C8H18N.C7H10FSi.Hf/c3*1-7(2,3)9-8(4,5)6;1-9(2,8)7-5-3-4-6-7;/h3*1-6H3;3-6H,1-2H3;/q4*-1;+4. The van der Waals surface area contributed by atoms with Crippen molar-refractivity contribution in [1.82, 2.24) is 0 Å². The number of halogens is 1. The minimum Gasteiger partial charge on any atom is -0.653 e. The molecule has 0 unspecified atom stereocenters. The van der Waals surface area contributed by atoms with E-state index < -0.39 is 8.41 Å². The summed E-state index contributed by atoms with van der Waals surface area (Å²) >= 11 is 0. The molecule has 0 amide bonds. The van der Waals surface area contributed by atoms with Crippen LogP contribution in [0.2, 0.25) is 13.1 Å². The molecule has 0 aromatic heterocycles. The smallest absolute Gasteiger partial charge is 0.653 e. The van der Waals surface area contributed by atoms with Gasteiger partial charge in [0.05, 0.1) is 0 Å². The average molecular weight is 704 g/mol. The molecule has 6 heteroatoms. The Kier molecular flexibility index (Phi) is 19.7. The minimum atomic E-state index is -2.48. The van der Waals surface area contributed by atoms with Gasteiger partial charge in [-0.05, 0) is 13.1 Å². The molecule has 0 spiro atoms. The van der Waals surface area contributed by atoms with Gasteiger partial charge in [-0.15, -0.1) is 38.4 Å². The molecule has 1 aromatic carbocycles. The number of nitrogens with zero attached hydrogens (tertiary/aromatic N) is 3. The molecule has 0 aliphatic heterocycles. The third kappa shape index (κ3) is 43.5. The van der Waals surface area contributed by atoms with Crippen molar-refractivity contribution < 1.29 is 30.0 Å². The van der Waals surface area contributed by atoms with Crippen LogP contribution in [0, 0.1) is 0 Å². The van der Waals surface area contributed by atoms with E-state index >= 15 is 0 Å². The van der Waals surface area contributed by atoms with E-state index in [-0.39, 0.29) is 59.1 Å². The predicted octanol–water partition coefficient (Wildman–Crippen LogP) is 10.7. The first-order valence-corrected chi connectivity index (χ1v) is 16.2. The second-order valence-corrected chi connectivity index (χ2v) is 19.5. The average Bonchev–Trinajstić information content (AvgIpc) is 2.89. The zero-order valence-electron chi connectivity index (χ0n) is 28.5. The van der Waals surface area contributed by atoms with Crippen molar-refractivity contribution in [2.24, 2.45) is 0 Å². The normalized spacial score (nSPS) is 13.1. The van der Waals surface area contributed by atoms with Gasteiger partial charge in [-0.3, -0.25) is 0 Å². The maximum Gasteiger partial charge on any atom is 4.00 e. The van der Waals surface area contributed by atoms with Gasteiger partial charge >= 0.3 is 25.8 Å². The molecule has 0 aliphatic rings. The molecule has 0 fully saturated rings. The summed E-state index contributed by atoms with van der Waals surface area (Å²) in [4.78, 5) is 0. The number of hydrogen-bond acceptors (Lipinski definition) is 0. The van der Waals surface area contributed by atoms with Gasteiger partial charge in [0.25, 0.3) is 0 Å². The summed E-state index contributed by atoms with van der Waals surface area (Å²) in [6.07, 6.45) is 0. The van der Waals surface area contributed by atoms with Gasteiger partial charge in [0, 0.05) is 0 Å². The molecule has 1 aromatic rings. The molecule has 0 saturated carbocycles. The van der Waals surface area contributed by atoms with Crippen molar-refractivity contribution in [3.05, 3.63) is 40.2 Å². The Bertz CT molecular complexity index is 570. The molecular weight excluding hydrogens is 640 g/mol. The molecule has 218 valence electrons. The van der Waals surface area contributed by atoms with Gasteiger partial charge in [-0.2, -0.15) is 12.1 Å². The van der Waals surface area contributed by atoms with E-state index in [0.29, 0.717) is 0 Å². The minimum absolute atomic E-state index is 0. The van der Waals surface area contributed by atoms with Crippen LogP contribution < -0.4 is 5.19 Å². The van der Waals surface area contributed by atoms with Crippen molar-refractivity contribution in [1.29, 1.82) is 0 Å². The molecule has 37 heavy (non-hydrogen) atoms. The molecule has 0 bridgehead atoms. The molecular formula is C31H64FHfN3Si. The Hall–Kier alpha value is 0.247. The number of rotatable bonds is 1. The monoisotopic (exact) mass is 705 g/mol. The topological polar surface area (TPSA) is 42.3 Å². The summed E-state index contributed by atoms with van der Waals surface area (Å²) in [6, 6.07) is 7.46. The van der Waals surface area contributed by atoms with Crippen LogP contribution in [0.25, 0.3) is 16.0 Å². The molecule has 1 rings (SSSR count). The fraction of sp³-hybridized carbons (Fsp3) is 0.839. The molecule has 0 aliphatic carbocycles. The van der Waals surface area contributed by atoms with E-state index in [4.69, 9.17) is 0 Å². The second-order valence-electron chi connectivity index (χ2n) is 16.0. The molecule has 0 heterocycles. The van der Waals surface area contributed by atoms with E-state index in [1.165, 1.54) is 0 Å². The second kappa shape index (κ2) is 16.5. The zero-order valence-corrected chi connectivity index (χ0v) is 33.1. The van der Waals surface area contributed by atoms with Gasteiger partial charge in [0.15, 0.2) is 0 Å². The van der Waals surface area contributed by atoms with Crippen molar-refractivity contribution >= 4 is 13.6 Å². The predicted molar refractivity (Wildman–Crippen MR) is 169 cm³/mol. The Morgan fingerprint density at radius 1 is 0.459 bits per heavy atom. The summed E-state index contributed by atoms with van der Waals surface area (Å²) in [7, 11) is -2.48. The third-order valence-corrected chi connectivity index (χ3v) is 5.07. The summed E-state index contributed by atoms with van der Waals surface area (Å²) in [6.45, 7) is 41.6. The Morgan fingerprint density at radius 3 is 0.676 bits per heavy atom. The zero-order chi connectivity index (χ0) is 30.0. The van der Waals surface area contributed by atoms with Gasteiger partial charge in [0.1, 0.15) is 0 Å². The SMILES string of the molecule is CC(C)(C)[N-]C(C)(C)C.CC(C)(C)[N-]C(C)(C)C.CC(C)(C)[N-]C(C)(C)C.C[Si](C)(F)[c-]1cccc1.[Hf+4]. The van der Waals surface area contributed by atoms with Crippen LogP contribution in [0.1, 0.15) is 125 Å². The fourth-order valence-corrected chi connectivity index (χ4v) is 4.77. The summed E-state index contributed by atoms with van der Waals surface area (Å²) < 4.78 is 13.1. The summed E-state index contributed by atoms with van der Waals surface area (Å²) in [5.74, 6) is 0. The van der Waals surface area contributed by atoms with E-state index in [1.807, 2.05) is 24.3 Å². The Labute approximate surface area is 253 Å². The van der Waals surface area contributed by atoms with Crippen LogP contribution in [0.3, 0.4) is 0 Å². The van der Waals surface area contributed by atoms with Gasteiger partial charge in [-0.1, -0.05) is 125 Å². The largest absolute Gasteiger partial charge is 4.00 e. The molecule has 0 saturated heterocycles. The first-order valence-electron chi connectivity index (χ1n) is 13.4. The van der Waals surface area contributed by atoms with Crippen LogP contribution in [-0.2, 0) is 25.8 Å². The van der Waals surface area contributed by atoms with Crippen molar-refractivity contribution in [3.8, 4) is 0 Å². The van der Waals surface area contributed by atoms with Gasteiger partial charge in [-0.25, -0.2) is 12.1 Å². The maximum absolute atomic E-state index is 13.1. The Balaban J connectivity index is -0.000000194. The van der Waals surface area contributed by atoms with E-state index in [9.17, 15) is 4.11 Å². The first kappa shape index (κ1) is 44.3. The molecule has 0 N–H and O–H groups in total. The summed E-state index contributed by atoms with van der Waals surface area (Å²) in [5.41, 5.74) is 0.656. The van der Waals surface area contributed by atoms with E-state index in [1.54, 1.807) is 13.1 Å². The Morgan fingerprint density at radius 2 is 0.622 bits per heavy atom. The fourth-order valence-electron chi connectivity index (χ4n) is 3.79. The van der Waals surface area contributed by atoms with Crippen LogP contribution in [-0.4, -0.2) is 41.6 Å². The first-order chi connectivity index (χ1) is 15.2. The van der Waals surface area contributed by atoms with Crippen LogP contribution in [0.5, 0.6) is 0 Å². The van der Waals surface area contributed by atoms with Crippen LogP contribution in [0.4, 0.5) is 4.11 Å².